The van der Waals surface area contributed by atoms with E-state index in [1.807, 2.05) is 28.8 Å². The molecule has 0 atom stereocenters. The summed E-state index contributed by atoms with van der Waals surface area (Å²) >= 11 is 0. The Morgan fingerprint density at radius 1 is 1.30 bits per heavy atom. The van der Waals surface area contributed by atoms with E-state index in [0.29, 0.717) is 45.0 Å². The number of carbonyl (C=O) groups excluding carboxylic acids is 1. The molecule has 9 heteroatoms. The Kier molecular flexibility index (Phi) is 6.80. The number of carbonyl (C=O) groups is 1. The van der Waals surface area contributed by atoms with Crippen molar-refractivity contribution < 1.29 is 23.8 Å². The third kappa shape index (κ3) is 4.79. The highest BCUT2D eigenvalue weighted by atomic mass is 16.5. The number of aromatic hydroxyl groups is 1. The third-order valence-corrected chi connectivity index (χ3v) is 6.17. The van der Waals surface area contributed by atoms with E-state index in [4.69, 9.17) is 13.9 Å². The van der Waals surface area contributed by atoms with E-state index in [1.54, 1.807) is 14.0 Å². The van der Waals surface area contributed by atoms with E-state index in [9.17, 15) is 14.7 Å². The number of methoxy groups -OCH3 is 1. The molecule has 1 aliphatic heterocycles. The Morgan fingerprint density at radius 2 is 2.06 bits per heavy atom. The second kappa shape index (κ2) is 9.76. The van der Waals surface area contributed by atoms with Gasteiger partial charge in [-0.2, -0.15) is 0 Å². The summed E-state index contributed by atoms with van der Waals surface area (Å²) in [5, 5.41) is 13.4. The molecule has 0 unspecified atom stereocenters. The fourth-order valence-electron chi connectivity index (χ4n) is 4.45. The van der Waals surface area contributed by atoms with Crippen LogP contribution in [0.1, 0.15) is 36.6 Å². The Balaban J connectivity index is 1.56. The molecule has 1 aliphatic rings. The molecular weight excluding hydrogens is 426 g/mol. The molecule has 3 heterocycles. The summed E-state index contributed by atoms with van der Waals surface area (Å²) in [5.74, 6) is 0.638. The molecule has 0 aliphatic carbocycles. The standard InChI is InChI=1S/C24H29N3O6/c1-16-13-19(28)22(30)23(33-16)24(7-10-32-11-8-24)14-21(29)25-15-20-26-17-5-3-4-6-18(17)27(20)9-12-31-2/h3-6,13,30H,7-12,14-15H2,1-2H3,(H,25,29). The Bertz CT molecular complexity index is 1190. The quantitative estimate of drug-likeness (QED) is 0.536. The van der Waals surface area contributed by atoms with Crippen LogP contribution in [0.25, 0.3) is 11.0 Å². The van der Waals surface area contributed by atoms with Crippen molar-refractivity contribution in [1.29, 1.82) is 0 Å². The summed E-state index contributed by atoms with van der Waals surface area (Å²) in [4.78, 5) is 29.9. The van der Waals surface area contributed by atoms with Crippen LogP contribution >= 0.6 is 0 Å². The lowest BCUT2D eigenvalue weighted by molar-refractivity contribution is -0.123. The molecule has 0 bridgehead atoms. The summed E-state index contributed by atoms with van der Waals surface area (Å²) in [6.45, 7) is 3.87. The number of nitrogens with one attached hydrogen (secondary N) is 1. The minimum absolute atomic E-state index is 0.0641. The lowest BCUT2D eigenvalue weighted by Gasteiger charge is -2.35. The van der Waals surface area contributed by atoms with E-state index < -0.39 is 16.6 Å². The van der Waals surface area contributed by atoms with Crippen LogP contribution in [0.3, 0.4) is 0 Å². The summed E-state index contributed by atoms with van der Waals surface area (Å²) in [6, 6.07) is 9.05. The number of hydrogen-bond donors (Lipinski definition) is 2. The molecule has 33 heavy (non-hydrogen) atoms. The van der Waals surface area contributed by atoms with Crippen molar-refractivity contribution >= 4 is 16.9 Å². The van der Waals surface area contributed by atoms with Crippen molar-refractivity contribution in [3.63, 3.8) is 0 Å². The van der Waals surface area contributed by atoms with E-state index in [1.165, 1.54) is 6.07 Å². The first-order valence-electron chi connectivity index (χ1n) is 11.1. The predicted molar refractivity (Wildman–Crippen MR) is 121 cm³/mol. The summed E-state index contributed by atoms with van der Waals surface area (Å²) in [7, 11) is 1.65. The maximum Gasteiger partial charge on any atom is 0.227 e. The topological polar surface area (TPSA) is 116 Å². The SMILES string of the molecule is COCCn1c(CNC(=O)CC2(c3oc(C)cc(=O)c3O)CCOCC2)nc2ccccc21. The fourth-order valence-corrected chi connectivity index (χ4v) is 4.45. The summed E-state index contributed by atoms with van der Waals surface area (Å²) in [6.07, 6.45) is 0.994. The molecule has 4 rings (SSSR count). The van der Waals surface area contributed by atoms with Crippen LogP contribution in [0.5, 0.6) is 5.75 Å². The summed E-state index contributed by atoms with van der Waals surface area (Å²) in [5.41, 5.74) is 0.511. The van der Waals surface area contributed by atoms with Crippen molar-refractivity contribution in [3.8, 4) is 5.75 Å². The van der Waals surface area contributed by atoms with Crippen molar-refractivity contribution in [1.82, 2.24) is 14.9 Å². The van der Waals surface area contributed by atoms with Gasteiger partial charge in [0.1, 0.15) is 11.6 Å². The number of aryl methyl sites for hydroxylation is 1. The average Bonchev–Trinajstić information content (AvgIpc) is 3.16. The average molecular weight is 456 g/mol. The van der Waals surface area contributed by atoms with Crippen molar-refractivity contribution in [2.24, 2.45) is 0 Å². The molecule has 1 fully saturated rings. The van der Waals surface area contributed by atoms with Crippen molar-refractivity contribution in [3.05, 3.63) is 57.9 Å². The smallest absolute Gasteiger partial charge is 0.227 e. The zero-order valence-corrected chi connectivity index (χ0v) is 18.9. The van der Waals surface area contributed by atoms with Gasteiger partial charge in [-0.15, -0.1) is 0 Å². The number of aromatic nitrogens is 2. The number of para-hydroxylation sites is 2. The second-order valence-corrected chi connectivity index (χ2v) is 8.41. The number of benzene rings is 1. The first kappa shape index (κ1) is 23.0. The minimum Gasteiger partial charge on any atom is -0.502 e. The molecule has 3 aromatic rings. The van der Waals surface area contributed by atoms with Gasteiger partial charge in [-0.3, -0.25) is 9.59 Å². The molecule has 0 saturated carbocycles. The van der Waals surface area contributed by atoms with Gasteiger partial charge in [0, 0.05) is 44.8 Å². The highest BCUT2D eigenvalue weighted by Gasteiger charge is 2.42. The van der Waals surface area contributed by atoms with Crippen LogP contribution in [0, 0.1) is 6.92 Å². The van der Waals surface area contributed by atoms with Gasteiger partial charge in [-0.05, 0) is 31.9 Å². The van der Waals surface area contributed by atoms with E-state index >= 15 is 0 Å². The first-order valence-corrected chi connectivity index (χ1v) is 11.1. The third-order valence-electron chi connectivity index (χ3n) is 6.17. The molecule has 0 spiro atoms. The lowest BCUT2D eigenvalue weighted by atomic mass is 9.74. The van der Waals surface area contributed by atoms with Gasteiger partial charge in [0.15, 0.2) is 5.76 Å². The molecule has 1 amide bonds. The monoisotopic (exact) mass is 455 g/mol. The van der Waals surface area contributed by atoms with Crippen LogP contribution in [0.2, 0.25) is 0 Å². The van der Waals surface area contributed by atoms with Gasteiger partial charge in [0.05, 0.1) is 24.2 Å². The van der Waals surface area contributed by atoms with E-state index in [-0.39, 0.29) is 24.6 Å². The Morgan fingerprint density at radius 3 is 2.82 bits per heavy atom. The molecule has 2 aromatic heterocycles. The maximum atomic E-state index is 13.1. The normalized spacial score (nSPS) is 15.6. The van der Waals surface area contributed by atoms with Crippen LogP contribution < -0.4 is 10.7 Å². The van der Waals surface area contributed by atoms with E-state index in [2.05, 4.69) is 10.3 Å². The predicted octanol–water partition coefficient (Wildman–Crippen LogP) is 2.40. The van der Waals surface area contributed by atoms with Gasteiger partial charge in [0.25, 0.3) is 0 Å². The Hall–Kier alpha value is -3.17. The van der Waals surface area contributed by atoms with Gasteiger partial charge in [-0.1, -0.05) is 12.1 Å². The molecule has 2 N–H and O–H groups in total. The van der Waals surface area contributed by atoms with Crippen LogP contribution in [0.15, 0.2) is 39.5 Å². The van der Waals surface area contributed by atoms with Gasteiger partial charge in [0.2, 0.25) is 17.1 Å². The summed E-state index contributed by atoms with van der Waals surface area (Å²) < 4.78 is 18.5. The number of rotatable bonds is 8. The largest absolute Gasteiger partial charge is 0.502 e. The fraction of sp³-hybridized carbons (Fsp3) is 0.458. The number of ether oxygens (including phenoxy) is 2. The van der Waals surface area contributed by atoms with Gasteiger partial charge in [-0.25, -0.2) is 4.98 Å². The van der Waals surface area contributed by atoms with Crippen LogP contribution in [0.4, 0.5) is 0 Å². The van der Waals surface area contributed by atoms with Crippen LogP contribution in [-0.4, -0.2) is 47.5 Å². The molecule has 176 valence electrons. The number of hydrogen-bond acceptors (Lipinski definition) is 7. The van der Waals surface area contributed by atoms with Crippen molar-refractivity contribution in [2.75, 3.05) is 26.9 Å². The zero-order chi connectivity index (χ0) is 23.4. The molecule has 1 saturated heterocycles. The molecular formula is C24H29N3O6. The minimum atomic E-state index is -0.812. The number of imidazole rings is 1. The van der Waals surface area contributed by atoms with E-state index in [0.717, 1.165) is 16.9 Å². The second-order valence-electron chi connectivity index (χ2n) is 8.41. The number of amides is 1. The molecule has 1 aromatic carbocycles. The highest BCUT2D eigenvalue weighted by molar-refractivity contribution is 5.78. The Labute approximate surface area is 191 Å². The zero-order valence-electron chi connectivity index (χ0n) is 18.9. The molecule has 0 radical (unpaired) electrons. The highest BCUT2D eigenvalue weighted by Crippen LogP contribution is 2.41. The van der Waals surface area contributed by atoms with Crippen LogP contribution in [-0.2, 0) is 32.8 Å². The van der Waals surface area contributed by atoms with Gasteiger partial charge < -0.3 is 28.9 Å². The number of nitrogens with zero attached hydrogens (tertiary/aromatic N) is 2. The van der Waals surface area contributed by atoms with Gasteiger partial charge >= 0.3 is 0 Å². The number of fused-ring (bicyclic) bond motifs is 1. The van der Waals surface area contributed by atoms with Crippen molar-refractivity contribution in [2.45, 2.75) is 44.7 Å². The first-order chi connectivity index (χ1) is 15.9. The molecule has 9 nitrogen and oxygen atoms in total. The lowest BCUT2D eigenvalue weighted by Crippen LogP contribution is -2.40. The maximum absolute atomic E-state index is 13.1.